The first-order valence-corrected chi connectivity index (χ1v) is 11.8. The van der Waals surface area contributed by atoms with Crippen LogP contribution in [-0.2, 0) is 6.54 Å². The molecule has 2 aromatic carbocycles. The van der Waals surface area contributed by atoms with E-state index in [4.69, 9.17) is 9.47 Å². The summed E-state index contributed by atoms with van der Waals surface area (Å²) in [5.41, 5.74) is 3.39. The topological polar surface area (TPSA) is 103 Å². The van der Waals surface area contributed by atoms with Gasteiger partial charge in [-0.2, -0.15) is 5.10 Å². The number of hydrogen-bond acceptors (Lipinski definition) is 6. The molecule has 35 heavy (non-hydrogen) atoms. The second-order valence-electron chi connectivity index (χ2n) is 8.75. The number of aliphatic hydroxyl groups is 1. The van der Waals surface area contributed by atoms with E-state index in [0.717, 1.165) is 48.4 Å². The number of aliphatic hydroxyl groups excluding tert-OH is 1. The molecule has 0 atom stereocenters. The number of aromatic nitrogens is 2. The van der Waals surface area contributed by atoms with Crippen molar-refractivity contribution < 1.29 is 19.4 Å². The van der Waals surface area contributed by atoms with Crippen molar-refractivity contribution in [3.05, 3.63) is 60.4 Å². The Labute approximate surface area is 205 Å². The number of nitrogens with zero attached hydrogens (tertiary/aromatic N) is 3. The maximum atomic E-state index is 13.3. The zero-order valence-electron chi connectivity index (χ0n) is 20.2. The fourth-order valence-corrected chi connectivity index (χ4v) is 4.15. The van der Waals surface area contributed by atoms with Crippen molar-refractivity contribution in [3.63, 3.8) is 0 Å². The zero-order valence-corrected chi connectivity index (χ0v) is 20.2. The number of carbonyl (C=O) groups excluding carboxylic acids is 1. The maximum Gasteiger partial charge on any atom is 0.322 e. The maximum absolute atomic E-state index is 13.3. The third kappa shape index (κ3) is 6.52. The third-order valence-corrected chi connectivity index (χ3v) is 6.18. The first kappa shape index (κ1) is 24.6. The van der Waals surface area contributed by atoms with Crippen LogP contribution in [0.3, 0.4) is 0 Å². The van der Waals surface area contributed by atoms with Gasteiger partial charge in [0.1, 0.15) is 17.6 Å². The average molecular weight is 480 g/mol. The Balaban J connectivity index is 1.54. The van der Waals surface area contributed by atoms with Crippen LogP contribution in [0.2, 0.25) is 0 Å². The van der Waals surface area contributed by atoms with Crippen LogP contribution in [-0.4, -0.2) is 77.6 Å². The molecule has 1 aliphatic heterocycles. The number of aromatic amines is 1. The largest absolute Gasteiger partial charge is 0.497 e. The van der Waals surface area contributed by atoms with Gasteiger partial charge < -0.3 is 29.7 Å². The molecule has 2 amide bonds. The second kappa shape index (κ2) is 11.7. The van der Waals surface area contributed by atoms with Crippen molar-refractivity contribution in [2.24, 2.45) is 0 Å². The van der Waals surface area contributed by atoms with Gasteiger partial charge in [-0.25, -0.2) is 4.79 Å². The van der Waals surface area contributed by atoms with E-state index < -0.39 is 0 Å². The van der Waals surface area contributed by atoms with Gasteiger partial charge in [-0.1, -0.05) is 18.2 Å². The molecule has 1 aliphatic rings. The summed E-state index contributed by atoms with van der Waals surface area (Å²) >= 11 is 0. The summed E-state index contributed by atoms with van der Waals surface area (Å²) in [6.45, 7) is 2.33. The number of urea groups is 1. The van der Waals surface area contributed by atoms with Crippen molar-refractivity contribution in [3.8, 4) is 22.6 Å². The Hall–Kier alpha value is -3.56. The summed E-state index contributed by atoms with van der Waals surface area (Å²) in [6.07, 6.45) is 5.50. The highest BCUT2D eigenvalue weighted by Crippen LogP contribution is 2.33. The Kier molecular flexibility index (Phi) is 8.23. The van der Waals surface area contributed by atoms with Gasteiger partial charge in [0, 0.05) is 37.9 Å². The highest BCUT2D eigenvalue weighted by atomic mass is 16.5. The zero-order chi connectivity index (χ0) is 24.6. The molecule has 0 spiro atoms. The lowest BCUT2D eigenvalue weighted by atomic mass is 10.1. The van der Waals surface area contributed by atoms with Crippen molar-refractivity contribution in [2.75, 3.05) is 45.7 Å². The van der Waals surface area contributed by atoms with Crippen LogP contribution in [0.5, 0.6) is 11.5 Å². The third-order valence-electron chi connectivity index (χ3n) is 6.18. The fraction of sp³-hybridized carbons (Fsp3) is 0.385. The molecule has 9 nitrogen and oxygen atoms in total. The second-order valence-corrected chi connectivity index (χ2v) is 8.75. The van der Waals surface area contributed by atoms with Crippen molar-refractivity contribution in [2.45, 2.75) is 25.5 Å². The van der Waals surface area contributed by atoms with Crippen LogP contribution < -0.4 is 14.8 Å². The van der Waals surface area contributed by atoms with Crippen molar-refractivity contribution >= 4 is 11.7 Å². The summed E-state index contributed by atoms with van der Waals surface area (Å²) in [6, 6.07) is 13.0. The van der Waals surface area contributed by atoms with Crippen molar-refractivity contribution in [1.82, 2.24) is 20.0 Å². The predicted molar refractivity (Wildman–Crippen MR) is 135 cm³/mol. The predicted octanol–water partition coefficient (Wildman–Crippen LogP) is 3.58. The Morgan fingerprint density at radius 2 is 2.06 bits per heavy atom. The number of ether oxygens (including phenoxy) is 2. The fourth-order valence-electron chi connectivity index (χ4n) is 4.15. The number of hydrogen-bond donors (Lipinski definition) is 3. The molecule has 0 aliphatic carbocycles. The minimum Gasteiger partial charge on any atom is -0.497 e. The van der Waals surface area contributed by atoms with E-state index in [9.17, 15) is 9.90 Å². The van der Waals surface area contributed by atoms with Crippen LogP contribution in [0, 0.1) is 0 Å². The van der Waals surface area contributed by atoms with E-state index in [1.165, 1.54) is 0 Å². The van der Waals surface area contributed by atoms with E-state index in [2.05, 4.69) is 27.5 Å². The number of amides is 2. The molecule has 1 saturated heterocycles. The molecule has 1 aromatic heterocycles. The van der Waals surface area contributed by atoms with Gasteiger partial charge in [0.25, 0.3) is 0 Å². The molecule has 0 bridgehead atoms. The number of anilines is 1. The summed E-state index contributed by atoms with van der Waals surface area (Å²) < 4.78 is 11.7. The quantitative estimate of drug-likeness (QED) is 0.434. The minimum absolute atomic E-state index is 0.0757. The van der Waals surface area contributed by atoms with Gasteiger partial charge in [-0.05, 0) is 55.3 Å². The molecule has 1 fully saturated rings. The van der Waals surface area contributed by atoms with E-state index in [1.54, 1.807) is 18.2 Å². The molecule has 4 rings (SSSR count). The van der Waals surface area contributed by atoms with E-state index in [0.29, 0.717) is 18.0 Å². The number of piperidine rings is 1. The average Bonchev–Trinajstić information content (AvgIpc) is 3.41. The van der Waals surface area contributed by atoms with Crippen LogP contribution in [0.25, 0.3) is 11.1 Å². The van der Waals surface area contributed by atoms with E-state index >= 15 is 0 Å². The van der Waals surface area contributed by atoms with Crippen molar-refractivity contribution in [1.29, 1.82) is 0 Å². The number of nitrogens with one attached hydrogen (secondary N) is 2. The number of carbonyl (C=O) groups is 1. The van der Waals surface area contributed by atoms with Crippen LogP contribution in [0.1, 0.15) is 18.4 Å². The summed E-state index contributed by atoms with van der Waals surface area (Å²) in [7, 11) is 3.72. The van der Waals surface area contributed by atoms with Gasteiger partial charge in [-0.15, -0.1) is 0 Å². The number of benzene rings is 2. The normalized spacial score (nSPS) is 14.5. The Morgan fingerprint density at radius 3 is 2.77 bits per heavy atom. The summed E-state index contributed by atoms with van der Waals surface area (Å²) in [4.78, 5) is 17.1. The SMILES string of the molecule is COc1cccc(CN(CCO)C(=O)Nc2ccc(-c3cn[nH]c3)cc2OC2CCN(C)CC2)c1. The van der Waals surface area contributed by atoms with Gasteiger partial charge in [-0.3, -0.25) is 5.10 Å². The Morgan fingerprint density at radius 1 is 1.23 bits per heavy atom. The first-order valence-electron chi connectivity index (χ1n) is 11.8. The van der Waals surface area contributed by atoms with E-state index in [-0.39, 0.29) is 25.3 Å². The highest BCUT2D eigenvalue weighted by molar-refractivity contribution is 5.91. The number of likely N-dealkylation sites (tertiary alicyclic amines) is 1. The van der Waals surface area contributed by atoms with Gasteiger partial charge in [0.05, 0.1) is 25.6 Å². The molecule has 0 saturated carbocycles. The summed E-state index contributed by atoms with van der Waals surface area (Å²) in [5.74, 6) is 1.34. The van der Waals surface area contributed by atoms with Gasteiger partial charge in [0.2, 0.25) is 0 Å². The van der Waals surface area contributed by atoms with Gasteiger partial charge in [0.15, 0.2) is 0 Å². The molecule has 2 heterocycles. The molecule has 9 heteroatoms. The standard InChI is InChI=1S/C26H33N5O4/c1-30-10-8-22(9-11-30)35-25-15-20(21-16-27-28-17-21)6-7-24(25)29-26(33)31(12-13-32)18-19-4-3-5-23(14-19)34-2/h3-7,14-17,22,32H,8-13,18H2,1-2H3,(H,27,28)(H,29,33). The first-order chi connectivity index (χ1) is 17.1. The van der Waals surface area contributed by atoms with Crippen LogP contribution >= 0.6 is 0 Å². The lowest BCUT2D eigenvalue weighted by Crippen LogP contribution is -2.37. The Bertz CT molecular complexity index is 1100. The lowest BCUT2D eigenvalue weighted by Gasteiger charge is -2.30. The molecule has 186 valence electrons. The van der Waals surface area contributed by atoms with Crippen LogP contribution in [0.4, 0.5) is 10.5 Å². The minimum atomic E-state index is -0.314. The van der Waals surface area contributed by atoms with Gasteiger partial charge >= 0.3 is 6.03 Å². The van der Waals surface area contributed by atoms with E-state index in [1.807, 2.05) is 48.7 Å². The van der Waals surface area contributed by atoms with Crippen LogP contribution in [0.15, 0.2) is 54.9 Å². The monoisotopic (exact) mass is 479 g/mol. The number of methoxy groups -OCH3 is 1. The highest BCUT2D eigenvalue weighted by Gasteiger charge is 2.22. The lowest BCUT2D eigenvalue weighted by molar-refractivity contribution is 0.115. The molecular weight excluding hydrogens is 446 g/mol. The summed E-state index contributed by atoms with van der Waals surface area (Å²) in [5, 5.41) is 19.5. The number of rotatable bonds is 9. The molecule has 3 N–H and O–H groups in total. The smallest absolute Gasteiger partial charge is 0.322 e. The molecular formula is C26H33N5O4. The molecule has 3 aromatic rings. The molecule has 0 radical (unpaired) electrons. The number of H-pyrrole nitrogens is 1. The molecule has 0 unspecified atom stereocenters.